The molecule has 228 valence electrons. The maximum atomic E-state index is 14.3. The van der Waals surface area contributed by atoms with E-state index in [1.54, 1.807) is 13.2 Å². The molecule has 1 amide bonds. The Bertz CT molecular complexity index is 1890. The van der Waals surface area contributed by atoms with Crippen LogP contribution in [-0.4, -0.2) is 73.7 Å². The molecule has 3 aliphatic rings. The molecule has 0 spiro atoms. The Hall–Kier alpha value is -4.38. The number of para-hydroxylation sites is 1. The van der Waals surface area contributed by atoms with Crippen molar-refractivity contribution in [2.24, 2.45) is 18.7 Å². The van der Waals surface area contributed by atoms with Gasteiger partial charge in [0, 0.05) is 68.5 Å². The van der Waals surface area contributed by atoms with Gasteiger partial charge in [-0.15, -0.1) is 0 Å². The van der Waals surface area contributed by atoms with Gasteiger partial charge in [0.1, 0.15) is 17.4 Å². The number of anilines is 1. The number of benzene rings is 2. The van der Waals surface area contributed by atoms with E-state index in [1.165, 1.54) is 39.9 Å². The maximum absolute atomic E-state index is 14.3. The predicted octanol–water partition coefficient (Wildman–Crippen LogP) is 4.34. The number of hydrogen-bond donors (Lipinski definition) is 1. The summed E-state index contributed by atoms with van der Waals surface area (Å²) in [4.78, 5) is 22.7. The lowest BCUT2D eigenvalue weighted by Gasteiger charge is -2.33. The van der Waals surface area contributed by atoms with Gasteiger partial charge >= 0.3 is 0 Å². The van der Waals surface area contributed by atoms with Crippen molar-refractivity contribution < 1.29 is 13.9 Å². The molecule has 1 saturated heterocycles. The van der Waals surface area contributed by atoms with Crippen molar-refractivity contribution in [3.05, 3.63) is 59.9 Å². The van der Waals surface area contributed by atoms with Crippen LogP contribution in [0.15, 0.2) is 48.8 Å². The van der Waals surface area contributed by atoms with Crippen molar-refractivity contribution in [3.63, 3.8) is 0 Å². The first-order valence-electron chi connectivity index (χ1n) is 15.5. The van der Waals surface area contributed by atoms with Crippen LogP contribution in [-0.2, 0) is 26.7 Å². The Morgan fingerprint density at radius 3 is 2.75 bits per heavy atom. The second-order valence-corrected chi connectivity index (χ2v) is 12.7. The molecular formula is C33H37FN8O2. The van der Waals surface area contributed by atoms with Gasteiger partial charge in [-0.2, -0.15) is 5.10 Å². The minimum atomic E-state index is -1.12. The van der Waals surface area contributed by atoms with Crippen molar-refractivity contribution in [3.8, 4) is 17.3 Å². The number of nitrogens with two attached hydrogens (primary N) is 1. The number of alkyl halides is 1. The molecule has 0 radical (unpaired) electrons. The van der Waals surface area contributed by atoms with E-state index in [0.717, 1.165) is 43.2 Å². The Labute approximate surface area is 254 Å². The van der Waals surface area contributed by atoms with E-state index in [4.69, 9.17) is 15.5 Å². The van der Waals surface area contributed by atoms with Crippen LogP contribution >= 0.6 is 0 Å². The van der Waals surface area contributed by atoms with Gasteiger partial charge in [0.05, 0.1) is 42.3 Å². The molecule has 1 saturated carbocycles. The molecule has 5 heterocycles. The van der Waals surface area contributed by atoms with Crippen LogP contribution in [0.3, 0.4) is 0 Å². The number of likely N-dealkylation sites (tertiary alicyclic amines) is 1. The van der Waals surface area contributed by atoms with Crippen LogP contribution in [0.4, 0.5) is 10.1 Å². The van der Waals surface area contributed by atoms with Crippen LogP contribution < -0.4 is 15.4 Å². The van der Waals surface area contributed by atoms with Gasteiger partial charge in [0.15, 0.2) is 5.82 Å². The first kappa shape index (κ1) is 27.2. The summed E-state index contributed by atoms with van der Waals surface area (Å²) in [5.74, 6) is 1.82. The SMILES string of the molecule is COc1cc(C(=O)N2C[C@H](N)C[C@@H](F)C2)cc2nc(-c3cc4cccc5c4n3CCN5Cc3cnn(C)c3)n(CC3CC3)c12. The zero-order valence-electron chi connectivity index (χ0n) is 25.1. The van der Waals surface area contributed by atoms with Crippen LogP contribution in [0, 0.1) is 5.92 Å². The van der Waals surface area contributed by atoms with Gasteiger partial charge in [-0.05, 0) is 49.4 Å². The molecule has 2 fully saturated rings. The van der Waals surface area contributed by atoms with Gasteiger partial charge in [0.25, 0.3) is 5.91 Å². The molecule has 0 unspecified atom stereocenters. The number of carbonyl (C=O) groups excluding carboxylic acids is 1. The zero-order valence-corrected chi connectivity index (χ0v) is 25.1. The average molecular weight is 597 g/mol. The summed E-state index contributed by atoms with van der Waals surface area (Å²) in [6, 6.07) is 12.0. The topological polar surface area (TPSA) is 99.4 Å². The Morgan fingerprint density at radius 2 is 2.00 bits per heavy atom. The van der Waals surface area contributed by atoms with E-state index in [1.807, 2.05) is 24.0 Å². The second kappa shape index (κ2) is 10.4. The van der Waals surface area contributed by atoms with Crippen molar-refractivity contribution in [1.82, 2.24) is 28.8 Å². The van der Waals surface area contributed by atoms with E-state index in [-0.39, 0.29) is 24.9 Å². The Morgan fingerprint density at radius 1 is 1.14 bits per heavy atom. The lowest BCUT2D eigenvalue weighted by atomic mass is 10.0. The van der Waals surface area contributed by atoms with E-state index < -0.39 is 6.17 Å². The molecule has 44 heavy (non-hydrogen) atoms. The lowest BCUT2D eigenvalue weighted by Crippen LogP contribution is -2.50. The molecule has 5 aromatic rings. The molecule has 2 N–H and O–H groups in total. The van der Waals surface area contributed by atoms with Crippen molar-refractivity contribution >= 4 is 33.5 Å². The zero-order chi connectivity index (χ0) is 30.1. The molecular weight excluding hydrogens is 559 g/mol. The highest BCUT2D eigenvalue weighted by Gasteiger charge is 2.32. The third-order valence-corrected chi connectivity index (χ3v) is 9.32. The van der Waals surface area contributed by atoms with Crippen molar-refractivity contribution in [2.75, 3.05) is 31.6 Å². The number of fused-ring (bicyclic) bond motifs is 1. The highest BCUT2D eigenvalue weighted by Crippen LogP contribution is 2.41. The first-order valence-corrected chi connectivity index (χ1v) is 15.5. The number of piperidine rings is 1. The highest BCUT2D eigenvalue weighted by molar-refractivity contribution is 6.01. The molecule has 2 aromatic carbocycles. The summed E-state index contributed by atoms with van der Waals surface area (Å²) in [5, 5.41) is 5.53. The van der Waals surface area contributed by atoms with Gasteiger partial charge < -0.3 is 29.4 Å². The fraction of sp³-hybridized carbons (Fsp3) is 0.424. The number of amides is 1. The minimum Gasteiger partial charge on any atom is -0.494 e. The summed E-state index contributed by atoms with van der Waals surface area (Å²) in [5.41, 5.74) is 12.7. The number of methoxy groups -OCH3 is 1. The molecule has 2 aliphatic heterocycles. The number of imidazole rings is 1. The number of aryl methyl sites for hydroxylation is 1. The van der Waals surface area contributed by atoms with E-state index >= 15 is 0 Å². The second-order valence-electron chi connectivity index (χ2n) is 12.7. The molecule has 1 aliphatic carbocycles. The molecule has 8 rings (SSSR count). The first-order chi connectivity index (χ1) is 21.4. The number of nitrogens with zero attached hydrogens (tertiary/aromatic N) is 7. The minimum absolute atomic E-state index is 0.0501. The van der Waals surface area contributed by atoms with Crippen molar-refractivity contribution in [2.45, 2.75) is 51.1 Å². The summed E-state index contributed by atoms with van der Waals surface area (Å²) >= 11 is 0. The third kappa shape index (κ3) is 4.61. The number of aromatic nitrogens is 5. The third-order valence-electron chi connectivity index (χ3n) is 9.32. The lowest BCUT2D eigenvalue weighted by molar-refractivity contribution is 0.0606. The number of hydrogen-bond acceptors (Lipinski definition) is 6. The van der Waals surface area contributed by atoms with Gasteiger partial charge in [-0.1, -0.05) is 12.1 Å². The smallest absolute Gasteiger partial charge is 0.254 e. The summed E-state index contributed by atoms with van der Waals surface area (Å²) in [7, 11) is 3.58. The highest BCUT2D eigenvalue weighted by atomic mass is 19.1. The number of ether oxygens (including phenoxy) is 1. The van der Waals surface area contributed by atoms with E-state index in [0.29, 0.717) is 29.3 Å². The number of halogens is 1. The quantitative estimate of drug-likeness (QED) is 0.300. The largest absolute Gasteiger partial charge is 0.494 e. The molecule has 10 nitrogen and oxygen atoms in total. The van der Waals surface area contributed by atoms with Crippen LogP contribution in [0.2, 0.25) is 0 Å². The Kier molecular flexibility index (Phi) is 6.40. The summed E-state index contributed by atoms with van der Waals surface area (Å²) in [6.45, 7) is 3.70. The maximum Gasteiger partial charge on any atom is 0.254 e. The van der Waals surface area contributed by atoms with E-state index in [9.17, 15) is 9.18 Å². The summed E-state index contributed by atoms with van der Waals surface area (Å²) in [6.07, 6.45) is 5.53. The monoisotopic (exact) mass is 596 g/mol. The molecule has 3 aromatic heterocycles. The normalized spacial score (nSPS) is 20.2. The predicted molar refractivity (Wildman–Crippen MR) is 168 cm³/mol. The molecule has 11 heteroatoms. The van der Waals surface area contributed by atoms with Gasteiger partial charge in [-0.3, -0.25) is 9.48 Å². The average Bonchev–Trinajstić information content (AvgIpc) is 3.45. The fourth-order valence-electron chi connectivity index (χ4n) is 7.12. The van der Waals surface area contributed by atoms with Crippen LogP contribution in [0.25, 0.3) is 33.5 Å². The van der Waals surface area contributed by atoms with Gasteiger partial charge in [0.2, 0.25) is 0 Å². The number of rotatable bonds is 7. The van der Waals surface area contributed by atoms with Crippen LogP contribution in [0.1, 0.15) is 35.2 Å². The van der Waals surface area contributed by atoms with Crippen molar-refractivity contribution in [1.29, 1.82) is 0 Å². The van der Waals surface area contributed by atoms with Gasteiger partial charge in [-0.25, -0.2) is 9.37 Å². The van der Waals surface area contributed by atoms with Crippen LogP contribution in [0.5, 0.6) is 5.75 Å². The number of carbonyl (C=O) groups is 1. The molecule has 0 bridgehead atoms. The fourth-order valence-corrected chi connectivity index (χ4v) is 7.12. The molecule has 2 atom stereocenters. The Balaban J connectivity index is 1.24. The summed E-state index contributed by atoms with van der Waals surface area (Å²) < 4.78 is 26.8. The standard InChI is InChI=1S/C33H37FN8O2/c1-38-15-21(14-36-38)16-39-8-9-41-28(11-22-4-3-5-27(39)30(22)41)32-37-26-10-23(33(43)40-18-24(34)13-25(35)19-40)12-29(44-2)31(26)42(32)17-20-6-7-20/h3-5,10-12,14-15,20,24-25H,6-9,13,16-19,35H2,1-2H3/t24-,25-/m1/s1. The van der Waals surface area contributed by atoms with E-state index in [2.05, 4.69) is 49.6 Å².